The van der Waals surface area contributed by atoms with Crippen LogP contribution in [0.3, 0.4) is 0 Å². The fourth-order valence-electron chi connectivity index (χ4n) is 2.58. The lowest BCUT2D eigenvalue weighted by Gasteiger charge is -2.19. The van der Waals surface area contributed by atoms with E-state index in [9.17, 15) is 0 Å². The van der Waals surface area contributed by atoms with Gasteiger partial charge in [0.05, 0.1) is 23.4 Å². The lowest BCUT2D eigenvalue weighted by atomic mass is 10.1. The fourth-order valence-corrected chi connectivity index (χ4v) is 2.71. The van der Waals surface area contributed by atoms with E-state index in [1.807, 2.05) is 36.7 Å². The van der Waals surface area contributed by atoms with E-state index < -0.39 is 0 Å². The molecule has 1 aromatic heterocycles. The predicted molar refractivity (Wildman–Crippen MR) is 87.6 cm³/mol. The van der Waals surface area contributed by atoms with Crippen LogP contribution in [0.4, 0.5) is 0 Å². The summed E-state index contributed by atoms with van der Waals surface area (Å²) in [4.78, 5) is 4.45. The Labute approximate surface area is 129 Å². The molecule has 2 aromatic carbocycles. The molecule has 0 radical (unpaired) electrons. The Kier molecular flexibility index (Phi) is 4.23. The number of halogens is 1. The molecule has 1 N–H and O–H groups in total. The van der Waals surface area contributed by atoms with Gasteiger partial charge in [0.15, 0.2) is 0 Å². The number of para-hydroxylation sites is 2. The predicted octanol–water partition coefficient (Wildman–Crippen LogP) is 4.04. The van der Waals surface area contributed by atoms with Crippen LogP contribution in [0, 0.1) is 0 Å². The first-order valence-electron chi connectivity index (χ1n) is 7.16. The molecular weight excluding hydrogens is 282 g/mol. The van der Waals surface area contributed by atoms with Crippen LogP contribution in [0.1, 0.15) is 18.5 Å². The molecule has 3 aromatic rings. The SMILES string of the molecule is CCNC(Cn1cnc2ccccc21)c1ccc(Cl)cc1. The second kappa shape index (κ2) is 6.29. The third kappa shape index (κ3) is 3.09. The number of likely N-dealkylation sites (N-methyl/N-ethyl adjacent to an activating group) is 1. The van der Waals surface area contributed by atoms with E-state index in [1.54, 1.807) is 0 Å². The van der Waals surface area contributed by atoms with Crippen molar-refractivity contribution in [3.63, 3.8) is 0 Å². The first-order valence-corrected chi connectivity index (χ1v) is 7.54. The van der Waals surface area contributed by atoms with Crippen LogP contribution in [-0.2, 0) is 6.54 Å². The molecule has 0 aliphatic rings. The van der Waals surface area contributed by atoms with E-state index in [0.29, 0.717) is 0 Å². The van der Waals surface area contributed by atoms with Crippen molar-refractivity contribution in [3.8, 4) is 0 Å². The zero-order valence-corrected chi connectivity index (χ0v) is 12.7. The maximum absolute atomic E-state index is 5.98. The minimum absolute atomic E-state index is 0.241. The highest BCUT2D eigenvalue weighted by molar-refractivity contribution is 6.30. The lowest BCUT2D eigenvalue weighted by molar-refractivity contribution is 0.481. The third-order valence-corrected chi connectivity index (χ3v) is 3.88. The monoisotopic (exact) mass is 299 g/mol. The van der Waals surface area contributed by atoms with Crippen molar-refractivity contribution in [1.82, 2.24) is 14.9 Å². The maximum atomic E-state index is 5.98. The molecular formula is C17H18ClN3. The summed E-state index contributed by atoms with van der Waals surface area (Å²) in [5, 5.41) is 4.30. The first kappa shape index (κ1) is 14.1. The van der Waals surface area contributed by atoms with Crippen molar-refractivity contribution >= 4 is 22.6 Å². The number of fused-ring (bicyclic) bond motifs is 1. The Bertz CT molecular complexity index is 718. The number of aromatic nitrogens is 2. The van der Waals surface area contributed by atoms with Crippen molar-refractivity contribution in [1.29, 1.82) is 0 Å². The second-order valence-electron chi connectivity index (χ2n) is 5.05. The fraction of sp³-hybridized carbons (Fsp3) is 0.235. The topological polar surface area (TPSA) is 29.9 Å². The van der Waals surface area contributed by atoms with E-state index in [-0.39, 0.29) is 6.04 Å². The molecule has 1 atom stereocenters. The summed E-state index contributed by atoms with van der Waals surface area (Å²) in [5.74, 6) is 0. The van der Waals surface area contributed by atoms with Gasteiger partial charge in [0.2, 0.25) is 0 Å². The summed E-state index contributed by atoms with van der Waals surface area (Å²) in [7, 11) is 0. The number of nitrogens with one attached hydrogen (secondary N) is 1. The molecule has 1 heterocycles. The summed E-state index contributed by atoms with van der Waals surface area (Å²) in [5.41, 5.74) is 3.43. The number of hydrogen-bond acceptors (Lipinski definition) is 2. The van der Waals surface area contributed by atoms with Crippen LogP contribution in [0.2, 0.25) is 5.02 Å². The van der Waals surface area contributed by atoms with Crippen LogP contribution in [-0.4, -0.2) is 16.1 Å². The van der Waals surface area contributed by atoms with E-state index in [4.69, 9.17) is 11.6 Å². The molecule has 4 heteroatoms. The van der Waals surface area contributed by atoms with Crippen molar-refractivity contribution < 1.29 is 0 Å². The highest BCUT2D eigenvalue weighted by Gasteiger charge is 2.12. The van der Waals surface area contributed by atoms with Gasteiger partial charge < -0.3 is 9.88 Å². The highest BCUT2D eigenvalue weighted by Crippen LogP contribution is 2.20. The normalized spacial score (nSPS) is 12.7. The minimum atomic E-state index is 0.241. The largest absolute Gasteiger partial charge is 0.329 e. The maximum Gasteiger partial charge on any atom is 0.0958 e. The average Bonchev–Trinajstić information content (AvgIpc) is 2.91. The van der Waals surface area contributed by atoms with Gasteiger partial charge in [-0.1, -0.05) is 42.8 Å². The van der Waals surface area contributed by atoms with Gasteiger partial charge in [-0.15, -0.1) is 0 Å². The first-order chi connectivity index (χ1) is 10.3. The molecule has 1 unspecified atom stereocenters. The Morgan fingerprint density at radius 2 is 1.90 bits per heavy atom. The van der Waals surface area contributed by atoms with Crippen molar-refractivity contribution in [2.75, 3.05) is 6.54 Å². The number of hydrogen-bond donors (Lipinski definition) is 1. The number of nitrogens with zero attached hydrogens (tertiary/aromatic N) is 2. The Morgan fingerprint density at radius 1 is 1.14 bits per heavy atom. The Balaban J connectivity index is 1.89. The number of benzene rings is 2. The summed E-state index contributed by atoms with van der Waals surface area (Å²) >= 11 is 5.98. The van der Waals surface area contributed by atoms with E-state index >= 15 is 0 Å². The Hall–Kier alpha value is -1.84. The van der Waals surface area contributed by atoms with Gasteiger partial charge in [0.25, 0.3) is 0 Å². The van der Waals surface area contributed by atoms with Gasteiger partial charge in [-0.3, -0.25) is 0 Å². The van der Waals surface area contributed by atoms with Crippen LogP contribution < -0.4 is 5.32 Å². The van der Waals surface area contributed by atoms with Gasteiger partial charge in [0.1, 0.15) is 0 Å². The van der Waals surface area contributed by atoms with Crippen LogP contribution in [0.25, 0.3) is 11.0 Å². The van der Waals surface area contributed by atoms with Gasteiger partial charge in [0, 0.05) is 11.6 Å². The Morgan fingerprint density at radius 3 is 2.67 bits per heavy atom. The molecule has 0 bridgehead atoms. The molecule has 3 rings (SSSR count). The van der Waals surface area contributed by atoms with Crippen molar-refractivity contribution in [2.45, 2.75) is 19.5 Å². The van der Waals surface area contributed by atoms with Gasteiger partial charge in [-0.2, -0.15) is 0 Å². The molecule has 0 amide bonds. The third-order valence-electron chi connectivity index (χ3n) is 3.63. The van der Waals surface area contributed by atoms with Crippen molar-refractivity contribution in [3.05, 3.63) is 65.4 Å². The van der Waals surface area contributed by atoms with Gasteiger partial charge in [-0.05, 0) is 36.4 Å². The van der Waals surface area contributed by atoms with Gasteiger partial charge in [-0.25, -0.2) is 4.98 Å². The van der Waals surface area contributed by atoms with Crippen LogP contribution in [0.15, 0.2) is 54.9 Å². The lowest BCUT2D eigenvalue weighted by Crippen LogP contribution is -2.25. The summed E-state index contributed by atoms with van der Waals surface area (Å²) in [6.07, 6.45) is 1.91. The van der Waals surface area contributed by atoms with Gasteiger partial charge >= 0.3 is 0 Å². The molecule has 0 fully saturated rings. The summed E-state index contributed by atoms with van der Waals surface area (Å²) in [6, 6.07) is 16.5. The zero-order chi connectivity index (χ0) is 14.7. The standard InChI is InChI=1S/C17H18ClN3/c1-2-19-16(13-7-9-14(18)10-8-13)11-21-12-20-15-5-3-4-6-17(15)21/h3-10,12,16,19H,2,11H2,1H3. The molecule has 0 spiro atoms. The highest BCUT2D eigenvalue weighted by atomic mass is 35.5. The summed E-state index contributed by atoms with van der Waals surface area (Å²) < 4.78 is 2.19. The molecule has 0 saturated heterocycles. The van der Waals surface area contributed by atoms with Crippen LogP contribution >= 0.6 is 11.6 Å². The molecule has 21 heavy (non-hydrogen) atoms. The number of rotatable bonds is 5. The smallest absolute Gasteiger partial charge is 0.0958 e. The molecule has 3 nitrogen and oxygen atoms in total. The average molecular weight is 300 g/mol. The van der Waals surface area contributed by atoms with E-state index in [2.05, 4.69) is 40.0 Å². The van der Waals surface area contributed by atoms with E-state index in [0.717, 1.165) is 29.1 Å². The quantitative estimate of drug-likeness (QED) is 0.770. The molecule has 0 aliphatic carbocycles. The van der Waals surface area contributed by atoms with Crippen LogP contribution in [0.5, 0.6) is 0 Å². The molecule has 0 aliphatic heterocycles. The zero-order valence-electron chi connectivity index (χ0n) is 12.0. The van der Waals surface area contributed by atoms with Crippen molar-refractivity contribution in [2.24, 2.45) is 0 Å². The minimum Gasteiger partial charge on any atom is -0.329 e. The molecule has 108 valence electrons. The van der Waals surface area contributed by atoms with E-state index in [1.165, 1.54) is 5.56 Å². The number of imidazole rings is 1. The second-order valence-corrected chi connectivity index (χ2v) is 5.48. The molecule has 0 saturated carbocycles. The summed E-state index contributed by atoms with van der Waals surface area (Å²) in [6.45, 7) is 3.88.